The van der Waals surface area contributed by atoms with Crippen molar-refractivity contribution in [2.75, 3.05) is 11.6 Å². The molecule has 0 heterocycles. The molecular formula is C10H12N2O2. The third-order valence-electron chi connectivity index (χ3n) is 1.65. The Hall–Kier alpha value is -1.68. The topological polar surface area (TPSA) is 52.9 Å². The first-order valence-electron chi connectivity index (χ1n) is 4.33. The van der Waals surface area contributed by atoms with Crippen LogP contribution in [0.25, 0.3) is 0 Å². The molecule has 0 fully saturated rings. The van der Waals surface area contributed by atoms with Gasteiger partial charge in [0, 0.05) is 12.8 Å². The molecule has 1 aromatic rings. The molecule has 1 N–H and O–H groups in total. The molecule has 0 radical (unpaired) electrons. The predicted molar refractivity (Wildman–Crippen MR) is 55.6 cm³/mol. The van der Waals surface area contributed by atoms with Gasteiger partial charge in [0.05, 0.1) is 11.0 Å². The first kappa shape index (κ1) is 10.4. The van der Waals surface area contributed by atoms with Gasteiger partial charge in [0.2, 0.25) is 0 Å². The van der Waals surface area contributed by atoms with Crippen molar-refractivity contribution in [3.63, 3.8) is 0 Å². The summed E-state index contributed by atoms with van der Waals surface area (Å²) in [6.07, 6.45) is 3.74. The quantitative estimate of drug-likeness (QED) is 0.574. The van der Waals surface area contributed by atoms with Crippen molar-refractivity contribution in [2.24, 2.45) is 5.29 Å². The smallest absolute Gasteiger partial charge is 0.0677 e. The summed E-state index contributed by atoms with van der Waals surface area (Å²) in [7, 11) is 0. The van der Waals surface area contributed by atoms with Gasteiger partial charge in [-0.15, -0.1) is 4.91 Å². The van der Waals surface area contributed by atoms with Crippen molar-refractivity contribution < 1.29 is 5.11 Å². The second-order valence-corrected chi connectivity index (χ2v) is 2.66. The summed E-state index contributed by atoms with van der Waals surface area (Å²) in [4.78, 5) is 10.5. The fourth-order valence-electron chi connectivity index (χ4n) is 0.990. The van der Waals surface area contributed by atoms with Crippen LogP contribution in [0.1, 0.15) is 6.42 Å². The standard InChI is InChI=1S/C10H12N2O2/c13-9-5-4-8-12(11-14)10-6-2-1-3-7-10/h1-4,6-8,13H,5,9H2/b8-4-. The molecule has 0 atom stereocenters. The first-order chi connectivity index (χ1) is 6.88. The minimum atomic E-state index is 0.0674. The highest BCUT2D eigenvalue weighted by atomic mass is 16.3. The van der Waals surface area contributed by atoms with Gasteiger partial charge in [-0.3, -0.25) is 0 Å². The van der Waals surface area contributed by atoms with E-state index in [1.807, 2.05) is 18.2 Å². The van der Waals surface area contributed by atoms with Crippen molar-refractivity contribution in [3.05, 3.63) is 47.5 Å². The van der Waals surface area contributed by atoms with Crippen molar-refractivity contribution in [1.82, 2.24) is 0 Å². The maximum Gasteiger partial charge on any atom is 0.0677 e. The highest BCUT2D eigenvalue weighted by Gasteiger charge is 1.99. The second kappa shape index (κ2) is 5.88. The van der Waals surface area contributed by atoms with Crippen LogP contribution in [-0.4, -0.2) is 11.7 Å². The van der Waals surface area contributed by atoms with Gasteiger partial charge >= 0.3 is 0 Å². The largest absolute Gasteiger partial charge is 0.396 e. The Morgan fingerprint density at radius 1 is 1.36 bits per heavy atom. The molecule has 4 heteroatoms. The SMILES string of the molecule is O=NN(/C=C\CCO)c1ccccc1. The van der Waals surface area contributed by atoms with Gasteiger partial charge in [-0.1, -0.05) is 24.3 Å². The minimum Gasteiger partial charge on any atom is -0.396 e. The van der Waals surface area contributed by atoms with E-state index in [9.17, 15) is 4.91 Å². The maximum atomic E-state index is 10.5. The van der Waals surface area contributed by atoms with E-state index in [1.54, 1.807) is 24.4 Å². The maximum absolute atomic E-state index is 10.5. The zero-order valence-corrected chi connectivity index (χ0v) is 7.71. The Balaban J connectivity index is 2.68. The number of nitrogens with zero attached hydrogens (tertiary/aromatic N) is 2. The second-order valence-electron chi connectivity index (χ2n) is 2.66. The average molecular weight is 192 g/mol. The molecular weight excluding hydrogens is 180 g/mol. The third kappa shape index (κ3) is 2.99. The van der Waals surface area contributed by atoms with E-state index in [0.29, 0.717) is 12.1 Å². The summed E-state index contributed by atoms with van der Waals surface area (Å²) >= 11 is 0. The Morgan fingerprint density at radius 3 is 2.64 bits per heavy atom. The van der Waals surface area contributed by atoms with Crippen LogP contribution in [-0.2, 0) is 0 Å². The molecule has 0 aromatic heterocycles. The molecule has 0 aliphatic rings. The average Bonchev–Trinajstić information content (AvgIpc) is 2.26. The van der Waals surface area contributed by atoms with E-state index < -0.39 is 0 Å². The van der Waals surface area contributed by atoms with Gasteiger partial charge in [0.25, 0.3) is 0 Å². The molecule has 1 rings (SSSR count). The number of anilines is 1. The molecule has 0 amide bonds. The van der Waals surface area contributed by atoms with E-state index in [2.05, 4.69) is 5.29 Å². The molecule has 1 aromatic carbocycles. The lowest BCUT2D eigenvalue weighted by atomic mass is 10.3. The van der Waals surface area contributed by atoms with Gasteiger partial charge in [-0.25, -0.2) is 5.01 Å². The molecule has 4 nitrogen and oxygen atoms in total. The number of para-hydroxylation sites is 1. The van der Waals surface area contributed by atoms with E-state index in [-0.39, 0.29) is 6.61 Å². The van der Waals surface area contributed by atoms with Crippen molar-refractivity contribution >= 4 is 5.69 Å². The molecule has 0 aliphatic heterocycles. The van der Waals surface area contributed by atoms with Crippen LogP contribution < -0.4 is 5.01 Å². The normalized spacial score (nSPS) is 10.4. The van der Waals surface area contributed by atoms with E-state index in [0.717, 1.165) is 0 Å². The number of benzene rings is 1. The summed E-state index contributed by atoms with van der Waals surface area (Å²) < 4.78 is 0. The highest BCUT2D eigenvalue weighted by molar-refractivity contribution is 5.47. The Morgan fingerprint density at radius 2 is 2.07 bits per heavy atom. The van der Waals surface area contributed by atoms with Crippen LogP contribution in [0.15, 0.2) is 47.9 Å². The fraction of sp³-hybridized carbons (Fsp3) is 0.200. The fourth-order valence-corrected chi connectivity index (χ4v) is 0.990. The summed E-state index contributed by atoms with van der Waals surface area (Å²) in [6.45, 7) is 0.0674. The molecule has 0 spiro atoms. The number of hydrogen-bond donors (Lipinski definition) is 1. The molecule has 74 valence electrons. The van der Waals surface area contributed by atoms with Crippen LogP contribution in [0.5, 0.6) is 0 Å². The van der Waals surface area contributed by atoms with E-state index in [4.69, 9.17) is 5.11 Å². The van der Waals surface area contributed by atoms with Gasteiger partial charge < -0.3 is 5.11 Å². The Labute approximate surface area is 82.4 Å². The van der Waals surface area contributed by atoms with Crippen molar-refractivity contribution in [2.45, 2.75) is 6.42 Å². The van der Waals surface area contributed by atoms with Crippen LogP contribution in [0, 0.1) is 4.91 Å². The van der Waals surface area contributed by atoms with Gasteiger partial charge in [0.15, 0.2) is 0 Å². The third-order valence-corrected chi connectivity index (χ3v) is 1.65. The van der Waals surface area contributed by atoms with Crippen molar-refractivity contribution in [1.29, 1.82) is 0 Å². The lowest BCUT2D eigenvalue weighted by molar-refractivity contribution is 0.302. The van der Waals surface area contributed by atoms with Crippen LogP contribution >= 0.6 is 0 Å². The first-order valence-corrected chi connectivity index (χ1v) is 4.33. The van der Waals surface area contributed by atoms with E-state index >= 15 is 0 Å². The lowest BCUT2D eigenvalue weighted by Gasteiger charge is -2.08. The number of aliphatic hydroxyl groups excluding tert-OH is 1. The summed E-state index contributed by atoms with van der Waals surface area (Å²) in [6, 6.07) is 9.08. The summed E-state index contributed by atoms with van der Waals surface area (Å²) in [5, 5.41) is 12.6. The zero-order valence-electron chi connectivity index (χ0n) is 7.71. The molecule has 0 unspecified atom stereocenters. The molecule has 14 heavy (non-hydrogen) atoms. The van der Waals surface area contributed by atoms with Crippen molar-refractivity contribution in [3.8, 4) is 0 Å². The number of hydrogen-bond acceptors (Lipinski definition) is 3. The number of nitroso groups, excluding NO2 is 1. The Bertz CT molecular complexity index is 298. The predicted octanol–water partition coefficient (Wildman–Crippen LogP) is 2.07. The molecule has 0 saturated heterocycles. The Kier molecular flexibility index (Phi) is 4.37. The number of aliphatic hydroxyl groups is 1. The summed E-state index contributed by atoms with van der Waals surface area (Å²) in [5.74, 6) is 0. The van der Waals surface area contributed by atoms with Crippen LogP contribution in [0.4, 0.5) is 5.69 Å². The van der Waals surface area contributed by atoms with Crippen LogP contribution in [0.3, 0.4) is 0 Å². The van der Waals surface area contributed by atoms with Gasteiger partial charge in [0.1, 0.15) is 0 Å². The van der Waals surface area contributed by atoms with Crippen LogP contribution in [0.2, 0.25) is 0 Å². The van der Waals surface area contributed by atoms with Gasteiger partial charge in [-0.2, -0.15) is 0 Å². The highest BCUT2D eigenvalue weighted by Crippen LogP contribution is 2.13. The molecule has 0 aliphatic carbocycles. The van der Waals surface area contributed by atoms with E-state index in [1.165, 1.54) is 5.01 Å². The lowest BCUT2D eigenvalue weighted by Crippen LogP contribution is -2.05. The number of rotatable bonds is 5. The van der Waals surface area contributed by atoms with Gasteiger partial charge in [-0.05, 0) is 18.6 Å². The zero-order chi connectivity index (χ0) is 10.2. The molecule has 0 saturated carbocycles. The molecule has 0 bridgehead atoms. The summed E-state index contributed by atoms with van der Waals surface area (Å²) in [5.41, 5.74) is 0.705. The minimum absolute atomic E-state index is 0.0674. The monoisotopic (exact) mass is 192 g/mol.